The van der Waals surface area contributed by atoms with Gasteiger partial charge in [0.05, 0.1) is 17.4 Å². The molecule has 0 aliphatic carbocycles. The van der Waals surface area contributed by atoms with Gasteiger partial charge >= 0.3 is 0 Å². The van der Waals surface area contributed by atoms with Gasteiger partial charge in [0, 0.05) is 6.54 Å². The molecule has 1 aliphatic rings. The van der Waals surface area contributed by atoms with Gasteiger partial charge < -0.3 is 5.73 Å². The second-order valence-electron chi connectivity index (χ2n) is 3.30. The summed E-state index contributed by atoms with van der Waals surface area (Å²) in [6, 6.07) is 0. The Morgan fingerprint density at radius 1 is 1.27 bits per heavy atom. The Labute approximate surface area is 93.2 Å². The van der Waals surface area contributed by atoms with Gasteiger partial charge in [-0.1, -0.05) is 15.9 Å². The van der Waals surface area contributed by atoms with E-state index >= 15 is 0 Å². The third kappa shape index (κ3) is 2.65. The topological polar surface area (TPSA) is 119 Å². The number of nitro groups is 2. The van der Waals surface area contributed by atoms with Crippen molar-refractivity contribution in [3.05, 3.63) is 20.2 Å². The van der Waals surface area contributed by atoms with E-state index in [1.165, 1.54) is 0 Å². The van der Waals surface area contributed by atoms with Crippen molar-refractivity contribution in [2.45, 2.75) is 4.32 Å². The monoisotopic (exact) mass is 283 g/mol. The number of hydrogen-bond acceptors (Lipinski definition) is 5. The van der Waals surface area contributed by atoms with Crippen LogP contribution in [0.3, 0.4) is 0 Å². The van der Waals surface area contributed by atoms with Crippen LogP contribution >= 0.6 is 15.9 Å². The standard InChI is InChI=1S/C5H10BrN5O4/c6-5(1-7)2-8(10(12)13)4-9(3-5)11(14)15/h1-4,7H2. The van der Waals surface area contributed by atoms with E-state index in [0.29, 0.717) is 0 Å². The lowest BCUT2D eigenvalue weighted by atomic mass is 10.1. The fourth-order valence-corrected chi connectivity index (χ4v) is 1.92. The lowest BCUT2D eigenvalue weighted by Crippen LogP contribution is -2.61. The quantitative estimate of drug-likeness (QED) is 0.402. The number of rotatable bonds is 3. The molecule has 0 aromatic heterocycles. The van der Waals surface area contributed by atoms with Crippen molar-refractivity contribution in [1.82, 2.24) is 10.0 Å². The van der Waals surface area contributed by atoms with Gasteiger partial charge in [-0.2, -0.15) is 0 Å². The summed E-state index contributed by atoms with van der Waals surface area (Å²) < 4.78 is -0.814. The molecule has 0 saturated carbocycles. The summed E-state index contributed by atoms with van der Waals surface area (Å²) in [5.41, 5.74) is 5.42. The van der Waals surface area contributed by atoms with Crippen LogP contribution in [0.1, 0.15) is 0 Å². The minimum atomic E-state index is -0.814. The van der Waals surface area contributed by atoms with E-state index in [2.05, 4.69) is 15.9 Å². The van der Waals surface area contributed by atoms with Crippen molar-refractivity contribution in [3.63, 3.8) is 0 Å². The van der Waals surface area contributed by atoms with Crippen LogP contribution in [0.4, 0.5) is 0 Å². The van der Waals surface area contributed by atoms with Crippen LogP contribution in [-0.2, 0) is 0 Å². The molecule has 1 rings (SSSR count). The Balaban J connectivity index is 2.82. The summed E-state index contributed by atoms with van der Waals surface area (Å²) in [6.07, 6.45) is 0. The highest BCUT2D eigenvalue weighted by Crippen LogP contribution is 2.24. The minimum Gasteiger partial charge on any atom is -0.329 e. The molecule has 1 fully saturated rings. The third-order valence-electron chi connectivity index (χ3n) is 2.09. The first-order valence-corrected chi connectivity index (χ1v) is 4.85. The molecule has 9 nitrogen and oxygen atoms in total. The summed E-state index contributed by atoms with van der Waals surface area (Å²) in [5.74, 6) is 0. The summed E-state index contributed by atoms with van der Waals surface area (Å²) in [5, 5.41) is 21.3. The molecule has 10 heteroatoms. The molecule has 0 aromatic rings. The second-order valence-corrected chi connectivity index (χ2v) is 4.98. The number of nitrogens with zero attached hydrogens (tertiary/aromatic N) is 4. The largest absolute Gasteiger partial charge is 0.329 e. The smallest absolute Gasteiger partial charge is 0.207 e. The van der Waals surface area contributed by atoms with Gasteiger partial charge in [0.25, 0.3) is 0 Å². The van der Waals surface area contributed by atoms with Gasteiger partial charge in [-0.25, -0.2) is 20.2 Å². The van der Waals surface area contributed by atoms with Crippen LogP contribution in [0, 0.1) is 20.2 Å². The number of nitrogens with two attached hydrogens (primary N) is 1. The van der Waals surface area contributed by atoms with Gasteiger partial charge in [-0.3, -0.25) is 0 Å². The van der Waals surface area contributed by atoms with E-state index in [1.807, 2.05) is 0 Å². The SMILES string of the molecule is NCC1(Br)CN([N+](=O)[O-])CN([N+](=O)[O-])C1. The zero-order chi connectivity index (χ0) is 11.6. The van der Waals surface area contributed by atoms with Crippen molar-refractivity contribution in [2.24, 2.45) is 5.73 Å². The number of alkyl halides is 1. The Bertz CT molecular complexity index is 265. The zero-order valence-corrected chi connectivity index (χ0v) is 9.29. The van der Waals surface area contributed by atoms with Crippen LogP contribution in [-0.4, -0.2) is 50.7 Å². The lowest BCUT2D eigenvalue weighted by Gasteiger charge is -2.35. The molecular weight excluding hydrogens is 274 g/mol. The first-order chi connectivity index (χ1) is 6.88. The average molecular weight is 284 g/mol. The first kappa shape index (κ1) is 11.9. The summed E-state index contributed by atoms with van der Waals surface area (Å²) in [7, 11) is 0. The van der Waals surface area contributed by atoms with Crippen LogP contribution in [0.5, 0.6) is 0 Å². The lowest BCUT2D eigenvalue weighted by molar-refractivity contribution is -0.720. The Kier molecular flexibility index (Phi) is 3.29. The Morgan fingerprint density at radius 3 is 1.93 bits per heavy atom. The molecule has 0 atom stereocenters. The number of hydrogen-bond donors (Lipinski definition) is 1. The van der Waals surface area contributed by atoms with E-state index < -0.39 is 14.4 Å². The van der Waals surface area contributed by atoms with Crippen molar-refractivity contribution in [1.29, 1.82) is 0 Å². The molecule has 0 aromatic carbocycles. The molecule has 1 heterocycles. The van der Waals surface area contributed by atoms with Gasteiger partial charge in [0.1, 0.15) is 0 Å². The van der Waals surface area contributed by atoms with Gasteiger partial charge in [0.15, 0.2) is 10.1 Å². The van der Waals surface area contributed by atoms with E-state index in [4.69, 9.17) is 5.73 Å². The van der Waals surface area contributed by atoms with Crippen LogP contribution in [0.15, 0.2) is 0 Å². The molecule has 0 bridgehead atoms. The summed E-state index contributed by atoms with van der Waals surface area (Å²) >= 11 is 3.20. The molecule has 0 radical (unpaired) electrons. The minimum absolute atomic E-state index is 0.0425. The third-order valence-corrected chi connectivity index (χ3v) is 2.91. The predicted octanol–water partition coefficient (Wildman–Crippen LogP) is -0.963. The highest BCUT2D eigenvalue weighted by Gasteiger charge is 2.44. The number of halogens is 1. The predicted molar refractivity (Wildman–Crippen MR) is 53.0 cm³/mol. The normalized spacial score (nSPS) is 20.1. The second kappa shape index (κ2) is 4.14. The zero-order valence-electron chi connectivity index (χ0n) is 7.71. The average Bonchev–Trinajstić information content (AvgIpc) is 2.17. The fraction of sp³-hybridized carbons (Fsp3) is 1.00. The van der Waals surface area contributed by atoms with Crippen LogP contribution in [0.25, 0.3) is 0 Å². The van der Waals surface area contributed by atoms with E-state index in [1.54, 1.807) is 0 Å². The molecular formula is C5H10BrN5O4. The van der Waals surface area contributed by atoms with E-state index in [-0.39, 0.29) is 26.3 Å². The maximum Gasteiger partial charge on any atom is 0.207 e. The van der Waals surface area contributed by atoms with E-state index in [0.717, 1.165) is 10.0 Å². The molecule has 2 N–H and O–H groups in total. The van der Waals surface area contributed by atoms with E-state index in [9.17, 15) is 20.2 Å². The van der Waals surface area contributed by atoms with Crippen molar-refractivity contribution in [2.75, 3.05) is 26.3 Å². The molecule has 1 saturated heterocycles. The maximum absolute atomic E-state index is 10.5. The molecule has 1 aliphatic heterocycles. The van der Waals surface area contributed by atoms with Crippen LogP contribution in [0.2, 0.25) is 0 Å². The van der Waals surface area contributed by atoms with Gasteiger partial charge in [-0.05, 0) is 0 Å². The molecule has 86 valence electrons. The van der Waals surface area contributed by atoms with Gasteiger partial charge in [-0.15, -0.1) is 10.0 Å². The van der Waals surface area contributed by atoms with Gasteiger partial charge in [0.2, 0.25) is 6.67 Å². The summed E-state index contributed by atoms with van der Waals surface area (Å²) in [4.78, 5) is 21.1. The molecule has 0 spiro atoms. The van der Waals surface area contributed by atoms with Crippen molar-refractivity contribution in [3.8, 4) is 0 Å². The highest BCUT2D eigenvalue weighted by molar-refractivity contribution is 9.10. The molecule has 0 unspecified atom stereocenters. The summed E-state index contributed by atoms with van der Waals surface area (Å²) in [6.45, 7) is -0.170. The molecule has 0 amide bonds. The first-order valence-electron chi connectivity index (χ1n) is 4.05. The van der Waals surface area contributed by atoms with Crippen LogP contribution < -0.4 is 5.73 Å². The Morgan fingerprint density at radius 2 is 1.67 bits per heavy atom. The number of hydrazine groups is 2. The molecule has 15 heavy (non-hydrogen) atoms. The maximum atomic E-state index is 10.5. The van der Waals surface area contributed by atoms with Crippen molar-refractivity contribution < 1.29 is 10.1 Å². The van der Waals surface area contributed by atoms with Crippen molar-refractivity contribution >= 4 is 15.9 Å². The highest BCUT2D eigenvalue weighted by atomic mass is 79.9. The fourth-order valence-electron chi connectivity index (χ4n) is 1.34. The Hall–Kier alpha value is -1.16.